The normalized spacial score (nSPS) is 12.9. The van der Waals surface area contributed by atoms with Crippen LogP contribution in [0.25, 0.3) is 83.0 Å². The van der Waals surface area contributed by atoms with Gasteiger partial charge < -0.3 is 0 Å². The van der Waals surface area contributed by atoms with Gasteiger partial charge in [-0.15, -0.1) is 0 Å². The van der Waals surface area contributed by atoms with Gasteiger partial charge >= 0.3 is 0 Å². The van der Waals surface area contributed by atoms with Crippen molar-refractivity contribution in [3.05, 3.63) is 176 Å². The number of imidazole rings is 1. The lowest BCUT2D eigenvalue weighted by atomic mass is 9.84. The fourth-order valence-electron chi connectivity index (χ4n) is 6.78. The topological polar surface area (TPSA) is 30.7 Å². The summed E-state index contributed by atoms with van der Waals surface area (Å²) in [5.74, 6) is 0.485. The number of benzene rings is 7. The standard InChI is InChI=1S/C44H29N3/c1-2-14-33(15-3-1)47-41-23-11-10-22-40(41)46-44(47)39-21-9-8-20-38(39)43-36-18-6-4-16-34(36)42(35-17-5-7-19-37(35)43)31-26-24-30(25-27-31)32-13-12-28-45-29-32/h1-29H/i1D,2D,3D,14D,15D. The van der Waals surface area contributed by atoms with Gasteiger partial charge in [-0.05, 0) is 85.2 Å². The zero-order valence-electron chi connectivity index (χ0n) is 30.2. The molecule has 0 saturated carbocycles. The number of nitrogens with zero attached hydrogens (tertiary/aromatic N) is 3. The first kappa shape index (κ1) is 22.2. The molecule has 2 aromatic heterocycles. The molecule has 2 heterocycles. The molecule has 0 unspecified atom stereocenters. The van der Waals surface area contributed by atoms with Crippen LogP contribution < -0.4 is 0 Å². The molecule has 0 bridgehead atoms. The van der Waals surface area contributed by atoms with Gasteiger partial charge in [-0.3, -0.25) is 9.55 Å². The molecule has 0 fully saturated rings. The highest BCUT2D eigenvalue weighted by Crippen LogP contribution is 2.46. The van der Waals surface area contributed by atoms with Crippen molar-refractivity contribution in [1.29, 1.82) is 0 Å². The molecular weight excluding hydrogens is 571 g/mol. The van der Waals surface area contributed by atoms with E-state index in [-0.39, 0.29) is 17.8 Å². The zero-order valence-corrected chi connectivity index (χ0v) is 25.2. The van der Waals surface area contributed by atoms with Crippen molar-refractivity contribution in [3.8, 4) is 50.5 Å². The molecule has 0 spiro atoms. The summed E-state index contributed by atoms with van der Waals surface area (Å²) < 4.78 is 44.8. The summed E-state index contributed by atoms with van der Waals surface area (Å²) in [7, 11) is 0. The Labute approximate surface area is 280 Å². The largest absolute Gasteiger partial charge is 0.292 e. The van der Waals surface area contributed by atoms with Crippen LogP contribution in [0.4, 0.5) is 0 Å². The van der Waals surface area contributed by atoms with Crippen molar-refractivity contribution < 1.29 is 6.85 Å². The SMILES string of the molecule is [2H]c1c([2H])c([2H])c(-n2c(-c3ccccc3-c3c4ccccc4c(-c4ccc(-c5cccnc5)cc4)c4ccccc34)nc3ccccc32)c([2H])c1[2H]. The highest BCUT2D eigenvalue weighted by atomic mass is 15.1. The highest BCUT2D eigenvalue weighted by molar-refractivity contribution is 6.22. The molecule has 0 radical (unpaired) electrons. The van der Waals surface area contributed by atoms with Gasteiger partial charge in [0.2, 0.25) is 0 Å². The minimum absolute atomic E-state index is 0.0595. The molecule has 220 valence electrons. The molecular formula is C44H29N3. The second-order valence-corrected chi connectivity index (χ2v) is 11.4. The van der Waals surface area contributed by atoms with Crippen molar-refractivity contribution in [2.75, 3.05) is 0 Å². The fourth-order valence-corrected chi connectivity index (χ4v) is 6.78. The number of pyridine rings is 1. The molecule has 0 aliphatic carbocycles. The summed E-state index contributed by atoms with van der Waals surface area (Å²) in [5, 5.41) is 4.31. The maximum atomic E-state index is 8.92. The van der Waals surface area contributed by atoms with E-state index in [2.05, 4.69) is 89.9 Å². The first-order valence-electron chi connectivity index (χ1n) is 18.0. The lowest BCUT2D eigenvalue weighted by Crippen LogP contribution is -1.99. The number of aromatic nitrogens is 3. The van der Waals surface area contributed by atoms with Crippen molar-refractivity contribution in [2.24, 2.45) is 0 Å². The number of para-hydroxylation sites is 3. The van der Waals surface area contributed by atoms with Gasteiger partial charge in [0, 0.05) is 23.6 Å². The minimum atomic E-state index is -0.435. The average molecular weight is 605 g/mol. The molecule has 3 nitrogen and oxygen atoms in total. The molecule has 3 heteroatoms. The Balaban J connectivity index is 1.33. The first-order valence-corrected chi connectivity index (χ1v) is 15.5. The second kappa shape index (κ2) is 11.2. The highest BCUT2D eigenvalue weighted by Gasteiger charge is 2.22. The van der Waals surface area contributed by atoms with Crippen molar-refractivity contribution in [2.45, 2.75) is 0 Å². The Morgan fingerprint density at radius 2 is 1.09 bits per heavy atom. The van der Waals surface area contributed by atoms with Crippen LogP contribution >= 0.6 is 0 Å². The van der Waals surface area contributed by atoms with Crippen LogP contribution in [0.3, 0.4) is 0 Å². The second-order valence-electron chi connectivity index (χ2n) is 11.4. The number of hydrogen-bond acceptors (Lipinski definition) is 2. The zero-order chi connectivity index (χ0) is 35.5. The van der Waals surface area contributed by atoms with E-state index in [4.69, 9.17) is 11.8 Å². The van der Waals surface area contributed by atoms with Crippen molar-refractivity contribution >= 4 is 32.6 Å². The Kier molecular flexibility index (Phi) is 5.32. The Hall–Kier alpha value is -6.32. The van der Waals surface area contributed by atoms with Crippen LogP contribution in [0.15, 0.2) is 176 Å². The van der Waals surface area contributed by atoms with Crippen LogP contribution in [0.5, 0.6) is 0 Å². The lowest BCUT2D eigenvalue weighted by Gasteiger charge is -2.20. The molecule has 0 N–H and O–H groups in total. The van der Waals surface area contributed by atoms with Crippen LogP contribution in [-0.4, -0.2) is 14.5 Å². The molecule has 0 aliphatic rings. The summed E-state index contributed by atoms with van der Waals surface area (Å²) in [5.41, 5.74) is 8.46. The van der Waals surface area contributed by atoms with Crippen LogP contribution in [0.1, 0.15) is 6.85 Å². The first-order chi connectivity index (χ1) is 25.4. The third-order valence-corrected chi connectivity index (χ3v) is 8.81. The fraction of sp³-hybridized carbons (Fsp3) is 0. The van der Waals surface area contributed by atoms with Crippen LogP contribution in [-0.2, 0) is 0 Å². The van der Waals surface area contributed by atoms with Gasteiger partial charge in [0.15, 0.2) is 0 Å². The van der Waals surface area contributed by atoms with Gasteiger partial charge in [-0.1, -0.05) is 133 Å². The van der Waals surface area contributed by atoms with E-state index in [1.54, 1.807) is 10.8 Å². The third kappa shape index (κ3) is 4.52. The average Bonchev–Trinajstić information content (AvgIpc) is 3.58. The van der Waals surface area contributed by atoms with E-state index >= 15 is 0 Å². The molecule has 0 saturated heterocycles. The molecule has 9 aromatic rings. The lowest BCUT2D eigenvalue weighted by molar-refractivity contribution is 1.10. The van der Waals surface area contributed by atoms with Crippen molar-refractivity contribution in [3.63, 3.8) is 0 Å². The maximum absolute atomic E-state index is 8.92. The molecule has 7 aromatic carbocycles. The van der Waals surface area contributed by atoms with E-state index in [9.17, 15) is 0 Å². The van der Waals surface area contributed by atoms with Gasteiger partial charge in [-0.25, -0.2) is 4.98 Å². The predicted molar refractivity (Wildman–Crippen MR) is 196 cm³/mol. The summed E-state index contributed by atoms with van der Waals surface area (Å²) in [6, 6.07) is 43.3. The van der Waals surface area contributed by atoms with Gasteiger partial charge in [0.25, 0.3) is 0 Å². The van der Waals surface area contributed by atoms with E-state index in [0.29, 0.717) is 16.9 Å². The van der Waals surface area contributed by atoms with E-state index in [0.717, 1.165) is 60.5 Å². The molecule has 9 rings (SSSR count). The Morgan fingerprint density at radius 3 is 1.77 bits per heavy atom. The predicted octanol–water partition coefficient (Wildman–Crippen LogP) is 11.4. The van der Waals surface area contributed by atoms with Crippen LogP contribution in [0, 0.1) is 0 Å². The number of hydrogen-bond donors (Lipinski definition) is 0. The minimum Gasteiger partial charge on any atom is -0.292 e. The van der Waals surface area contributed by atoms with E-state index in [1.807, 2.05) is 54.7 Å². The quantitative estimate of drug-likeness (QED) is 0.183. The summed E-state index contributed by atoms with van der Waals surface area (Å²) in [4.78, 5) is 9.39. The van der Waals surface area contributed by atoms with E-state index in [1.165, 1.54) is 0 Å². The van der Waals surface area contributed by atoms with Gasteiger partial charge in [0.05, 0.1) is 17.9 Å². The summed E-state index contributed by atoms with van der Waals surface area (Å²) in [6.45, 7) is 0. The Bertz CT molecular complexity index is 2760. The maximum Gasteiger partial charge on any atom is 0.146 e. The Morgan fingerprint density at radius 1 is 0.489 bits per heavy atom. The van der Waals surface area contributed by atoms with Gasteiger partial charge in [0.1, 0.15) is 5.82 Å². The van der Waals surface area contributed by atoms with Crippen LogP contribution in [0.2, 0.25) is 0 Å². The van der Waals surface area contributed by atoms with Crippen molar-refractivity contribution in [1.82, 2.24) is 14.5 Å². The molecule has 0 amide bonds. The smallest absolute Gasteiger partial charge is 0.146 e. The molecule has 0 aliphatic heterocycles. The number of rotatable bonds is 5. The molecule has 47 heavy (non-hydrogen) atoms. The summed E-state index contributed by atoms with van der Waals surface area (Å²) >= 11 is 0. The molecule has 0 atom stereocenters. The van der Waals surface area contributed by atoms with E-state index < -0.39 is 18.1 Å². The van der Waals surface area contributed by atoms with Gasteiger partial charge in [-0.2, -0.15) is 0 Å². The monoisotopic (exact) mass is 604 g/mol. The summed E-state index contributed by atoms with van der Waals surface area (Å²) in [6.07, 6.45) is 3.65. The number of fused-ring (bicyclic) bond motifs is 3. The third-order valence-electron chi connectivity index (χ3n) is 8.81.